The lowest BCUT2D eigenvalue weighted by Crippen LogP contribution is -2.30. The van der Waals surface area contributed by atoms with E-state index in [1.165, 1.54) is 0 Å². The molecule has 0 amide bonds. The minimum atomic E-state index is -0.777. The Kier molecular flexibility index (Phi) is 7.59. The van der Waals surface area contributed by atoms with Crippen LogP contribution >= 0.6 is 0 Å². The van der Waals surface area contributed by atoms with Gasteiger partial charge in [-0.05, 0) is 26.2 Å². The highest BCUT2D eigenvalue weighted by atomic mass is 16.6. The van der Waals surface area contributed by atoms with Crippen LogP contribution in [0.1, 0.15) is 47.5 Å². The van der Waals surface area contributed by atoms with Crippen molar-refractivity contribution in [3.63, 3.8) is 0 Å². The molecule has 0 saturated heterocycles. The first-order chi connectivity index (χ1) is 7.88. The van der Waals surface area contributed by atoms with Gasteiger partial charge in [0, 0.05) is 0 Å². The molecular weight excluding hydrogens is 220 g/mol. The molecule has 0 aliphatic carbocycles. The normalized spacial score (nSPS) is 12.6. The van der Waals surface area contributed by atoms with E-state index in [2.05, 4.69) is 0 Å². The molecule has 0 aromatic carbocycles. The van der Waals surface area contributed by atoms with Crippen LogP contribution in [0, 0.1) is 11.8 Å². The van der Waals surface area contributed by atoms with E-state index in [1.54, 1.807) is 13.8 Å². The van der Waals surface area contributed by atoms with Crippen LogP contribution in [-0.4, -0.2) is 24.6 Å². The number of carbonyl (C=O) groups is 2. The van der Waals surface area contributed by atoms with E-state index in [0.29, 0.717) is 13.0 Å². The largest absolute Gasteiger partial charge is 0.465 e. The van der Waals surface area contributed by atoms with Gasteiger partial charge in [0.2, 0.25) is 0 Å². The van der Waals surface area contributed by atoms with Crippen LogP contribution in [-0.2, 0) is 19.1 Å². The van der Waals surface area contributed by atoms with Crippen LogP contribution in [0.3, 0.4) is 0 Å². The molecule has 0 fully saturated rings. The fourth-order valence-corrected chi connectivity index (χ4v) is 1.28. The third-order valence-corrected chi connectivity index (χ3v) is 2.06. The summed E-state index contributed by atoms with van der Waals surface area (Å²) in [4.78, 5) is 23.4. The zero-order valence-electron chi connectivity index (χ0n) is 11.5. The Hall–Kier alpha value is -1.06. The molecule has 17 heavy (non-hydrogen) atoms. The standard InChI is InChI=1S/C13H24O4/c1-6-7-11(13(15)17-10(4)5)12(14)16-8-9(2)3/h9-11H,6-8H2,1-5H3. The molecule has 0 bridgehead atoms. The number of esters is 2. The Bertz CT molecular complexity index is 246. The smallest absolute Gasteiger partial charge is 0.320 e. The van der Waals surface area contributed by atoms with Crippen molar-refractivity contribution in [3.05, 3.63) is 0 Å². The number of carbonyl (C=O) groups excluding carboxylic acids is 2. The predicted molar refractivity (Wildman–Crippen MR) is 65.4 cm³/mol. The highest BCUT2D eigenvalue weighted by Crippen LogP contribution is 2.13. The molecule has 1 unspecified atom stereocenters. The van der Waals surface area contributed by atoms with Gasteiger partial charge < -0.3 is 9.47 Å². The topological polar surface area (TPSA) is 52.6 Å². The van der Waals surface area contributed by atoms with Crippen molar-refractivity contribution in [1.82, 2.24) is 0 Å². The SMILES string of the molecule is CCCC(C(=O)OCC(C)C)C(=O)OC(C)C. The molecule has 4 nitrogen and oxygen atoms in total. The van der Waals surface area contributed by atoms with Crippen molar-refractivity contribution in [1.29, 1.82) is 0 Å². The molecule has 1 atom stereocenters. The number of rotatable bonds is 7. The van der Waals surface area contributed by atoms with Gasteiger partial charge in [-0.1, -0.05) is 27.2 Å². The monoisotopic (exact) mass is 244 g/mol. The molecule has 0 spiro atoms. The van der Waals surface area contributed by atoms with Gasteiger partial charge in [0.25, 0.3) is 0 Å². The average Bonchev–Trinajstić information content (AvgIpc) is 2.21. The van der Waals surface area contributed by atoms with Crippen molar-refractivity contribution in [2.24, 2.45) is 11.8 Å². The van der Waals surface area contributed by atoms with Gasteiger partial charge in [-0.3, -0.25) is 9.59 Å². The maximum atomic E-state index is 11.7. The third kappa shape index (κ3) is 6.97. The van der Waals surface area contributed by atoms with Gasteiger partial charge in [0.05, 0.1) is 12.7 Å². The molecule has 0 aliphatic heterocycles. The molecule has 4 heteroatoms. The third-order valence-electron chi connectivity index (χ3n) is 2.06. The molecule has 0 aromatic heterocycles. The first kappa shape index (κ1) is 15.9. The summed E-state index contributed by atoms with van der Waals surface area (Å²) in [5.41, 5.74) is 0. The fraction of sp³-hybridized carbons (Fsp3) is 0.846. The Labute approximate surface area is 104 Å². The van der Waals surface area contributed by atoms with E-state index in [-0.39, 0.29) is 12.0 Å². The number of ether oxygens (including phenoxy) is 2. The number of hydrogen-bond donors (Lipinski definition) is 0. The van der Waals surface area contributed by atoms with Crippen LogP contribution in [0.25, 0.3) is 0 Å². The van der Waals surface area contributed by atoms with Gasteiger partial charge in [-0.15, -0.1) is 0 Å². The van der Waals surface area contributed by atoms with Gasteiger partial charge in [0.1, 0.15) is 0 Å². The minimum Gasteiger partial charge on any atom is -0.465 e. The maximum Gasteiger partial charge on any atom is 0.320 e. The van der Waals surface area contributed by atoms with Crippen LogP contribution < -0.4 is 0 Å². The summed E-state index contributed by atoms with van der Waals surface area (Å²) in [6.07, 6.45) is 1.01. The van der Waals surface area contributed by atoms with Gasteiger partial charge in [-0.2, -0.15) is 0 Å². The van der Waals surface area contributed by atoms with Crippen molar-refractivity contribution < 1.29 is 19.1 Å². The van der Waals surface area contributed by atoms with Gasteiger partial charge in [-0.25, -0.2) is 0 Å². The summed E-state index contributed by atoms with van der Waals surface area (Å²) >= 11 is 0. The van der Waals surface area contributed by atoms with E-state index < -0.39 is 17.9 Å². The summed E-state index contributed by atoms with van der Waals surface area (Å²) in [6, 6.07) is 0. The van der Waals surface area contributed by atoms with Crippen LogP contribution in [0.15, 0.2) is 0 Å². The Morgan fingerprint density at radius 3 is 2.06 bits per heavy atom. The highest BCUT2D eigenvalue weighted by molar-refractivity contribution is 5.94. The molecule has 0 saturated carbocycles. The second-order valence-electron chi connectivity index (χ2n) is 4.85. The second-order valence-corrected chi connectivity index (χ2v) is 4.85. The maximum absolute atomic E-state index is 11.7. The summed E-state index contributed by atoms with van der Waals surface area (Å²) in [5.74, 6) is -1.45. The van der Waals surface area contributed by atoms with Crippen molar-refractivity contribution in [3.8, 4) is 0 Å². The summed E-state index contributed by atoms with van der Waals surface area (Å²) in [7, 11) is 0. The lowest BCUT2D eigenvalue weighted by molar-refractivity contribution is -0.165. The van der Waals surface area contributed by atoms with Gasteiger partial charge in [0.15, 0.2) is 5.92 Å². The molecule has 0 aromatic rings. The van der Waals surface area contributed by atoms with Gasteiger partial charge >= 0.3 is 11.9 Å². The van der Waals surface area contributed by atoms with E-state index >= 15 is 0 Å². The molecule has 0 radical (unpaired) electrons. The van der Waals surface area contributed by atoms with E-state index in [4.69, 9.17) is 9.47 Å². The van der Waals surface area contributed by atoms with Crippen molar-refractivity contribution >= 4 is 11.9 Å². The fourth-order valence-electron chi connectivity index (χ4n) is 1.28. The minimum absolute atomic E-state index is 0.209. The van der Waals surface area contributed by atoms with E-state index in [9.17, 15) is 9.59 Å². The molecular formula is C13H24O4. The molecule has 0 N–H and O–H groups in total. The van der Waals surface area contributed by atoms with Crippen LogP contribution in [0.4, 0.5) is 0 Å². The Morgan fingerprint density at radius 2 is 1.65 bits per heavy atom. The highest BCUT2D eigenvalue weighted by Gasteiger charge is 2.29. The molecule has 0 aliphatic rings. The second kappa shape index (κ2) is 8.09. The lowest BCUT2D eigenvalue weighted by atomic mass is 10.0. The zero-order valence-corrected chi connectivity index (χ0v) is 11.5. The quantitative estimate of drug-likeness (QED) is 0.510. The van der Waals surface area contributed by atoms with Crippen molar-refractivity contribution in [2.45, 2.75) is 53.6 Å². The zero-order chi connectivity index (χ0) is 13.4. The molecule has 0 heterocycles. The van der Waals surface area contributed by atoms with Crippen LogP contribution in [0.5, 0.6) is 0 Å². The summed E-state index contributed by atoms with van der Waals surface area (Å²) < 4.78 is 10.1. The molecule has 0 rings (SSSR count). The number of hydrogen-bond acceptors (Lipinski definition) is 4. The Balaban J connectivity index is 4.39. The Morgan fingerprint density at radius 1 is 1.06 bits per heavy atom. The first-order valence-electron chi connectivity index (χ1n) is 6.25. The predicted octanol–water partition coefficient (Wildman–Crippen LogP) is 2.55. The first-order valence-corrected chi connectivity index (χ1v) is 6.25. The molecule has 100 valence electrons. The van der Waals surface area contributed by atoms with E-state index in [1.807, 2.05) is 20.8 Å². The summed E-state index contributed by atoms with van der Waals surface area (Å²) in [5, 5.41) is 0. The average molecular weight is 244 g/mol. The van der Waals surface area contributed by atoms with Crippen molar-refractivity contribution in [2.75, 3.05) is 6.61 Å². The van der Waals surface area contributed by atoms with Crippen LogP contribution in [0.2, 0.25) is 0 Å². The summed E-state index contributed by atoms with van der Waals surface area (Å²) in [6.45, 7) is 9.70. The lowest BCUT2D eigenvalue weighted by Gasteiger charge is -2.17. The van der Waals surface area contributed by atoms with E-state index in [0.717, 1.165) is 6.42 Å².